The van der Waals surface area contributed by atoms with Crippen LogP contribution in [0.25, 0.3) is 0 Å². The SMILES string of the molecule is C=CC(=O)C[C@H]1c2cc3c(cc2[C@@H](c2cc(OC)c(OC)c(OC)c2)[C@H]2C(=O)OC[C@@H]21)OCO3. The van der Waals surface area contributed by atoms with Gasteiger partial charge >= 0.3 is 5.97 Å². The standard InChI is InChI=1S/C26H26O8/c1-5-14(27)8-15-16-9-19-20(34-12-33-19)10-17(16)23(24-18(15)11-32-26(24)28)13-6-21(29-2)25(31-4)22(7-13)30-3/h5-7,9-10,15,18,23-24H,1,8,11-12H2,2-4H3/t15-,18+,23+,24-/m0/s1. The predicted octanol–water partition coefficient (Wildman–Crippen LogP) is 3.60. The molecule has 0 aromatic heterocycles. The highest BCUT2D eigenvalue weighted by Gasteiger charge is 2.52. The molecule has 0 amide bonds. The molecule has 2 heterocycles. The van der Waals surface area contributed by atoms with E-state index in [1.165, 1.54) is 6.08 Å². The summed E-state index contributed by atoms with van der Waals surface area (Å²) in [5.74, 6) is 1.05. The van der Waals surface area contributed by atoms with Crippen molar-refractivity contribution in [2.24, 2.45) is 11.8 Å². The number of carbonyl (C=O) groups excluding carboxylic acids is 2. The maximum atomic E-state index is 13.1. The van der Waals surface area contributed by atoms with Crippen LogP contribution in [0.1, 0.15) is 34.9 Å². The number of methoxy groups -OCH3 is 3. The van der Waals surface area contributed by atoms with E-state index in [2.05, 4.69) is 6.58 Å². The number of fused-ring (bicyclic) bond motifs is 3. The van der Waals surface area contributed by atoms with Gasteiger partial charge in [-0.1, -0.05) is 6.58 Å². The maximum Gasteiger partial charge on any atom is 0.310 e. The molecule has 34 heavy (non-hydrogen) atoms. The molecule has 0 spiro atoms. The molecule has 2 aromatic carbocycles. The largest absolute Gasteiger partial charge is 0.493 e. The van der Waals surface area contributed by atoms with Gasteiger partial charge in [-0.3, -0.25) is 9.59 Å². The number of hydrogen-bond acceptors (Lipinski definition) is 8. The van der Waals surface area contributed by atoms with Crippen molar-refractivity contribution in [3.63, 3.8) is 0 Å². The van der Waals surface area contributed by atoms with E-state index in [-0.39, 0.29) is 49.3 Å². The zero-order valence-corrected chi connectivity index (χ0v) is 19.3. The highest BCUT2D eigenvalue weighted by Crippen LogP contribution is 2.57. The van der Waals surface area contributed by atoms with E-state index in [0.717, 1.165) is 16.7 Å². The zero-order valence-electron chi connectivity index (χ0n) is 19.3. The Labute approximate surface area is 197 Å². The topological polar surface area (TPSA) is 89.5 Å². The van der Waals surface area contributed by atoms with Crippen LogP contribution in [0.15, 0.2) is 36.9 Å². The summed E-state index contributed by atoms with van der Waals surface area (Å²) in [5.41, 5.74) is 2.65. The minimum absolute atomic E-state index is 0.0852. The Bertz CT molecular complexity index is 1140. The highest BCUT2D eigenvalue weighted by molar-refractivity contribution is 5.90. The van der Waals surface area contributed by atoms with Crippen LogP contribution in [-0.4, -0.2) is 46.5 Å². The first-order chi connectivity index (χ1) is 16.5. The normalized spacial score (nSPS) is 24.0. The van der Waals surface area contributed by atoms with Gasteiger partial charge < -0.3 is 28.4 Å². The summed E-state index contributed by atoms with van der Waals surface area (Å²) in [6.45, 7) is 3.99. The van der Waals surface area contributed by atoms with Crippen LogP contribution in [0, 0.1) is 11.8 Å². The van der Waals surface area contributed by atoms with Crippen molar-refractivity contribution in [2.45, 2.75) is 18.3 Å². The summed E-state index contributed by atoms with van der Waals surface area (Å²) in [5, 5.41) is 0. The number of benzene rings is 2. The molecular weight excluding hydrogens is 440 g/mol. The average molecular weight is 466 g/mol. The van der Waals surface area contributed by atoms with E-state index in [4.69, 9.17) is 28.4 Å². The van der Waals surface area contributed by atoms with Crippen molar-refractivity contribution < 1.29 is 38.0 Å². The number of esters is 1. The lowest BCUT2D eigenvalue weighted by molar-refractivity contribution is -0.141. The van der Waals surface area contributed by atoms with Gasteiger partial charge in [0.25, 0.3) is 0 Å². The first-order valence-electron chi connectivity index (χ1n) is 11.1. The Hall–Kier alpha value is -3.68. The molecule has 3 aliphatic rings. The third-order valence-corrected chi connectivity index (χ3v) is 7.04. The molecule has 0 unspecified atom stereocenters. The van der Waals surface area contributed by atoms with Crippen LogP contribution in [0.3, 0.4) is 0 Å². The molecule has 0 saturated carbocycles. The van der Waals surface area contributed by atoms with Gasteiger partial charge in [-0.25, -0.2) is 0 Å². The first-order valence-corrected chi connectivity index (χ1v) is 11.1. The summed E-state index contributed by atoms with van der Waals surface area (Å²) >= 11 is 0. The fraction of sp³-hybridized carbons (Fsp3) is 0.385. The van der Waals surface area contributed by atoms with Crippen LogP contribution >= 0.6 is 0 Å². The van der Waals surface area contributed by atoms with E-state index < -0.39 is 5.92 Å². The van der Waals surface area contributed by atoms with E-state index in [1.54, 1.807) is 21.3 Å². The number of ketones is 1. The van der Waals surface area contributed by atoms with Crippen LogP contribution in [0.5, 0.6) is 28.7 Å². The Morgan fingerprint density at radius 3 is 2.24 bits per heavy atom. The fourth-order valence-corrected chi connectivity index (χ4v) is 5.52. The quantitative estimate of drug-likeness (QED) is 0.452. The lowest BCUT2D eigenvalue weighted by Gasteiger charge is -2.39. The molecule has 0 bridgehead atoms. The second kappa shape index (κ2) is 8.59. The van der Waals surface area contributed by atoms with E-state index >= 15 is 0 Å². The molecule has 4 atom stereocenters. The molecule has 2 aromatic rings. The molecule has 2 aliphatic heterocycles. The molecule has 5 rings (SSSR count). The third kappa shape index (κ3) is 3.36. The van der Waals surface area contributed by atoms with Gasteiger partial charge in [-0.2, -0.15) is 0 Å². The molecule has 178 valence electrons. The minimum atomic E-state index is -0.488. The highest BCUT2D eigenvalue weighted by atomic mass is 16.7. The molecule has 0 N–H and O–H groups in total. The van der Waals surface area contributed by atoms with Gasteiger partial charge in [0.05, 0.1) is 33.9 Å². The van der Waals surface area contributed by atoms with Crippen LogP contribution < -0.4 is 23.7 Å². The zero-order chi connectivity index (χ0) is 24.0. The van der Waals surface area contributed by atoms with E-state index in [9.17, 15) is 9.59 Å². The molecule has 8 heteroatoms. The number of rotatable bonds is 7. The summed E-state index contributed by atoms with van der Waals surface area (Å²) in [4.78, 5) is 25.5. The summed E-state index contributed by atoms with van der Waals surface area (Å²) < 4.78 is 33.5. The lowest BCUT2D eigenvalue weighted by atomic mass is 9.62. The van der Waals surface area contributed by atoms with Gasteiger partial charge in [0.15, 0.2) is 28.8 Å². The minimum Gasteiger partial charge on any atom is -0.493 e. The summed E-state index contributed by atoms with van der Waals surface area (Å²) in [6.07, 6.45) is 1.56. The second-order valence-electron chi connectivity index (χ2n) is 8.57. The number of ether oxygens (including phenoxy) is 6. The Morgan fingerprint density at radius 2 is 1.65 bits per heavy atom. The first kappa shape index (κ1) is 22.1. The summed E-state index contributed by atoms with van der Waals surface area (Å²) in [7, 11) is 4.65. The fourth-order valence-electron chi connectivity index (χ4n) is 5.52. The maximum absolute atomic E-state index is 13.1. The monoisotopic (exact) mass is 466 g/mol. The molecule has 1 aliphatic carbocycles. The molecule has 1 fully saturated rings. The number of hydrogen-bond donors (Lipinski definition) is 0. The van der Waals surface area contributed by atoms with E-state index in [1.807, 2.05) is 24.3 Å². The predicted molar refractivity (Wildman–Crippen MR) is 121 cm³/mol. The Morgan fingerprint density at radius 1 is 1.00 bits per heavy atom. The lowest BCUT2D eigenvalue weighted by Crippen LogP contribution is -2.35. The third-order valence-electron chi connectivity index (χ3n) is 7.04. The molecule has 0 radical (unpaired) electrons. The Kier molecular flexibility index (Phi) is 5.59. The van der Waals surface area contributed by atoms with Gasteiger partial charge in [-0.05, 0) is 52.9 Å². The van der Waals surface area contributed by atoms with Crippen LogP contribution in [0.2, 0.25) is 0 Å². The van der Waals surface area contributed by atoms with Crippen molar-refractivity contribution >= 4 is 11.8 Å². The van der Waals surface area contributed by atoms with Gasteiger partial charge in [0.1, 0.15) is 0 Å². The molecule has 8 nitrogen and oxygen atoms in total. The van der Waals surface area contributed by atoms with Gasteiger partial charge in [0.2, 0.25) is 12.5 Å². The smallest absolute Gasteiger partial charge is 0.310 e. The second-order valence-corrected chi connectivity index (χ2v) is 8.57. The van der Waals surface area contributed by atoms with E-state index in [0.29, 0.717) is 28.7 Å². The summed E-state index contributed by atoms with van der Waals surface area (Å²) in [6, 6.07) is 7.57. The van der Waals surface area contributed by atoms with Gasteiger partial charge in [-0.15, -0.1) is 0 Å². The Balaban J connectivity index is 1.74. The molecular formula is C26H26O8. The van der Waals surface area contributed by atoms with Crippen molar-refractivity contribution in [3.8, 4) is 28.7 Å². The van der Waals surface area contributed by atoms with Crippen molar-refractivity contribution in [1.82, 2.24) is 0 Å². The number of carbonyl (C=O) groups is 2. The average Bonchev–Trinajstić information content (AvgIpc) is 3.48. The van der Waals surface area contributed by atoms with Gasteiger partial charge in [0, 0.05) is 18.3 Å². The van der Waals surface area contributed by atoms with Crippen molar-refractivity contribution in [1.29, 1.82) is 0 Å². The number of allylic oxidation sites excluding steroid dienone is 1. The van der Waals surface area contributed by atoms with Crippen molar-refractivity contribution in [2.75, 3.05) is 34.7 Å². The number of cyclic esters (lactones) is 1. The van der Waals surface area contributed by atoms with Crippen molar-refractivity contribution in [3.05, 3.63) is 53.6 Å². The van der Waals surface area contributed by atoms with Crippen LogP contribution in [0.4, 0.5) is 0 Å². The van der Waals surface area contributed by atoms with Crippen LogP contribution in [-0.2, 0) is 14.3 Å². The molecule has 1 saturated heterocycles.